The minimum absolute atomic E-state index is 0.518. The largest absolute Gasteiger partial charge is 0.361 e. The summed E-state index contributed by atoms with van der Waals surface area (Å²) >= 11 is 2.10. The predicted octanol–water partition coefficient (Wildman–Crippen LogP) is 7.17. The lowest BCUT2D eigenvalue weighted by Crippen LogP contribution is -2.42. The van der Waals surface area contributed by atoms with Crippen LogP contribution in [0.2, 0.25) is 0 Å². The average molecular weight is 424 g/mol. The summed E-state index contributed by atoms with van der Waals surface area (Å²) in [7, 11) is 0. The van der Waals surface area contributed by atoms with Crippen LogP contribution in [0.1, 0.15) is 82.7 Å². The number of rotatable bonds is 1. The quantitative estimate of drug-likeness (QED) is 0.375. The fraction of sp³-hybridized carbons (Fsp3) is 0.448. The van der Waals surface area contributed by atoms with Gasteiger partial charge < -0.3 is 4.90 Å². The molecule has 156 valence electrons. The number of aryl methyl sites for hydroxylation is 4. The summed E-state index contributed by atoms with van der Waals surface area (Å²) in [5.74, 6) is 0.536. The highest BCUT2D eigenvalue weighted by molar-refractivity contribution is 7.19. The van der Waals surface area contributed by atoms with Gasteiger partial charge in [-0.3, -0.25) is 0 Å². The van der Waals surface area contributed by atoms with Crippen molar-refractivity contribution in [1.29, 1.82) is 0 Å². The SMILES string of the molecule is C1=CC2C(c3cc4c(cc3N2C2CCCCCC2)CC4)c2sc3cc4c(cc3c21)CC4. The molecule has 0 bridgehead atoms. The molecule has 1 fully saturated rings. The van der Waals surface area contributed by atoms with E-state index in [-0.39, 0.29) is 0 Å². The monoisotopic (exact) mass is 423 g/mol. The summed E-state index contributed by atoms with van der Waals surface area (Å²) in [6.07, 6.45) is 18.6. The zero-order valence-electron chi connectivity index (χ0n) is 18.1. The molecule has 2 atom stereocenters. The smallest absolute Gasteiger partial charge is 0.0597 e. The molecule has 0 radical (unpaired) electrons. The highest BCUT2D eigenvalue weighted by Gasteiger charge is 2.45. The molecule has 5 aliphatic rings. The Morgan fingerprint density at radius 3 is 2.26 bits per heavy atom. The molecule has 0 amide bonds. The lowest BCUT2D eigenvalue weighted by Gasteiger charge is -2.37. The first kappa shape index (κ1) is 17.5. The molecule has 2 heteroatoms. The van der Waals surface area contributed by atoms with Crippen LogP contribution in [0.5, 0.6) is 0 Å². The molecule has 1 aliphatic heterocycles. The van der Waals surface area contributed by atoms with Crippen molar-refractivity contribution in [2.75, 3.05) is 4.90 Å². The van der Waals surface area contributed by atoms with Gasteiger partial charge in [-0.1, -0.05) is 43.9 Å². The van der Waals surface area contributed by atoms with Crippen molar-refractivity contribution in [1.82, 2.24) is 0 Å². The van der Waals surface area contributed by atoms with E-state index >= 15 is 0 Å². The summed E-state index contributed by atoms with van der Waals surface area (Å²) in [5, 5.41) is 1.52. The van der Waals surface area contributed by atoms with Crippen LogP contribution in [0.3, 0.4) is 0 Å². The molecular weight excluding hydrogens is 394 g/mol. The predicted molar refractivity (Wildman–Crippen MR) is 132 cm³/mol. The highest BCUT2D eigenvalue weighted by Crippen LogP contribution is 2.55. The van der Waals surface area contributed by atoms with Gasteiger partial charge in [0.15, 0.2) is 0 Å². The maximum absolute atomic E-state index is 2.89. The Morgan fingerprint density at radius 2 is 1.48 bits per heavy atom. The summed E-state index contributed by atoms with van der Waals surface area (Å²) in [4.78, 5) is 4.53. The Labute approximate surface area is 188 Å². The van der Waals surface area contributed by atoms with Crippen LogP contribution in [0.15, 0.2) is 30.3 Å². The second kappa shape index (κ2) is 6.25. The van der Waals surface area contributed by atoms with E-state index in [9.17, 15) is 0 Å². The van der Waals surface area contributed by atoms with Gasteiger partial charge in [-0.05, 0) is 90.1 Å². The molecule has 2 heterocycles. The van der Waals surface area contributed by atoms with Gasteiger partial charge in [-0.15, -0.1) is 11.3 Å². The molecular formula is C29H29NS. The lowest BCUT2D eigenvalue weighted by molar-refractivity contribution is 0.497. The van der Waals surface area contributed by atoms with E-state index in [1.807, 2.05) is 0 Å². The number of benzene rings is 2. The van der Waals surface area contributed by atoms with E-state index in [0.29, 0.717) is 12.0 Å². The van der Waals surface area contributed by atoms with E-state index < -0.39 is 0 Å². The number of hydrogen-bond acceptors (Lipinski definition) is 2. The molecule has 0 N–H and O–H groups in total. The molecule has 1 aromatic heterocycles. The molecule has 0 saturated heterocycles. The van der Waals surface area contributed by atoms with Crippen LogP contribution < -0.4 is 4.90 Å². The Bertz CT molecular complexity index is 1270. The third-order valence-electron chi connectivity index (χ3n) is 8.99. The average Bonchev–Trinajstić information content (AvgIpc) is 3.12. The Balaban J connectivity index is 1.33. The van der Waals surface area contributed by atoms with E-state index in [4.69, 9.17) is 0 Å². The van der Waals surface area contributed by atoms with Gasteiger partial charge in [0.2, 0.25) is 0 Å². The minimum atomic E-state index is 0.518. The van der Waals surface area contributed by atoms with Crippen LogP contribution in [0.25, 0.3) is 16.2 Å². The maximum atomic E-state index is 2.89. The third kappa shape index (κ3) is 2.32. The van der Waals surface area contributed by atoms with E-state index in [1.165, 1.54) is 79.9 Å². The summed E-state index contributed by atoms with van der Waals surface area (Å²) < 4.78 is 1.52. The first-order valence-electron chi connectivity index (χ1n) is 12.6. The summed E-state index contributed by atoms with van der Waals surface area (Å²) in [5.41, 5.74) is 11.2. The van der Waals surface area contributed by atoms with E-state index in [1.54, 1.807) is 38.4 Å². The van der Waals surface area contributed by atoms with Crippen molar-refractivity contribution in [3.63, 3.8) is 0 Å². The zero-order valence-corrected chi connectivity index (χ0v) is 18.9. The van der Waals surface area contributed by atoms with Gasteiger partial charge in [0.1, 0.15) is 0 Å². The van der Waals surface area contributed by atoms with Gasteiger partial charge in [-0.25, -0.2) is 0 Å². The molecule has 1 saturated carbocycles. The zero-order chi connectivity index (χ0) is 20.1. The topological polar surface area (TPSA) is 3.24 Å². The Kier molecular flexibility index (Phi) is 3.53. The number of thiophene rings is 1. The van der Waals surface area contributed by atoms with Crippen molar-refractivity contribution in [3.05, 3.63) is 68.6 Å². The van der Waals surface area contributed by atoms with Gasteiger partial charge in [-0.2, -0.15) is 0 Å². The van der Waals surface area contributed by atoms with Crippen LogP contribution >= 0.6 is 11.3 Å². The Hall–Kier alpha value is -2.06. The van der Waals surface area contributed by atoms with Crippen LogP contribution in [-0.2, 0) is 25.7 Å². The van der Waals surface area contributed by atoms with Crippen molar-refractivity contribution in [2.24, 2.45) is 0 Å². The highest BCUT2D eigenvalue weighted by atomic mass is 32.1. The van der Waals surface area contributed by atoms with Gasteiger partial charge in [0.25, 0.3) is 0 Å². The second-order valence-corrected chi connectivity index (χ2v) is 11.6. The molecule has 2 aromatic carbocycles. The second-order valence-electron chi connectivity index (χ2n) is 10.6. The molecule has 4 aliphatic carbocycles. The fourth-order valence-electron chi connectivity index (χ4n) is 7.13. The van der Waals surface area contributed by atoms with E-state index in [2.05, 4.69) is 52.7 Å². The number of anilines is 1. The number of fused-ring (bicyclic) bond motifs is 9. The fourth-order valence-corrected chi connectivity index (χ4v) is 8.53. The van der Waals surface area contributed by atoms with Crippen molar-refractivity contribution >= 4 is 33.2 Å². The molecule has 2 unspecified atom stereocenters. The molecule has 1 nitrogen and oxygen atoms in total. The minimum Gasteiger partial charge on any atom is -0.361 e. The van der Waals surface area contributed by atoms with Gasteiger partial charge >= 0.3 is 0 Å². The summed E-state index contributed by atoms with van der Waals surface area (Å²) in [6.45, 7) is 0. The van der Waals surface area contributed by atoms with Gasteiger partial charge in [0, 0.05) is 32.6 Å². The summed E-state index contributed by atoms with van der Waals surface area (Å²) in [6, 6.07) is 11.5. The number of hydrogen-bond donors (Lipinski definition) is 0. The maximum Gasteiger partial charge on any atom is 0.0597 e. The van der Waals surface area contributed by atoms with Gasteiger partial charge in [0.05, 0.1) is 6.04 Å². The first-order valence-corrected chi connectivity index (χ1v) is 13.4. The molecule has 0 spiro atoms. The van der Waals surface area contributed by atoms with Crippen molar-refractivity contribution < 1.29 is 0 Å². The molecule has 31 heavy (non-hydrogen) atoms. The lowest BCUT2D eigenvalue weighted by atomic mass is 9.81. The Morgan fingerprint density at radius 1 is 0.774 bits per heavy atom. The third-order valence-corrected chi connectivity index (χ3v) is 10.2. The molecule has 8 rings (SSSR count). The molecule has 3 aromatic rings. The normalized spacial score (nSPS) is 25.7. The van der Waals surface area contributed by atoms with Crippen LogP contribution in [0.4, 0.5) is 5.69 Å². The standard InChI is InChI=1S/C29H29NS/c1-2-4-6-21(5-3-1)30-25-12-11-22-23-13-17-8-10-20(17)16-27(23)31-29(22)28(25)24-14-18-7-9-19(18)15-26(24)30/h11-16,21,25,28H,1-10H2. The number of nitrogens with zero attached hydrogens (tertiary/aromatic N) is 1. The van der Waals surface area contributed by atoms with E-state index in [0.717, 1.165) is 6.04 Å². The first-order chi connectivity index (χ1) is 15.3. The van der Waals surface area contributed by atoms with Crippen LogP contribution in [0, 0.1) is 0 Å². The van der Waals surface area contributed by atoms with Crippen molar-refractivity contribution in [2.45, 2.75) is 82.2 Å². The van der Waals surface area contributed by atoms with Crippen LogP contribution in [-0.4, -0.2) is 12.1 Å². The van der Waals surface area contributed by atoms with Crippen molar-refractivity contribution in [3.8, 4) is 0 Å².